The van der Waals surface area contributed by atoms with E-state index in [2.05, 4.69) is 4.98 Å². The SMILES string of the molecule is O=C(/C=C/c1cnc(-c2cccc(F)c2)s1)NO. The van der Waals surface area contributed by atoms with Crippen molar-refractivity contribution in [3.8, 4) is 10.6 Å². The molecular weight excluding hydrogens is 255 g/mol. The molecule has 4 nitrogen and oxygen atoms in total. The van der Waals surface area contributed by atoms with Crippen molar-refractivity contribution in [2.45, 2.75) is 0 Å². The molecule has 6 heteroatoms. The van der Waals surface area contributed by atoms with Crippen molar-refractivity contribution >= 4 is 23.3 Å². The molecule has 0 fully saturated rings. The van der Waals surface area contributed by atoms with Crippen LogP contribution in [-0.2, 0) is 4.79 Å². The Kier molecular flexibility index (Phi) is 3.81. The topological polar surface area (TPSA) is 62.2 Å². The number of rotatable bonds is 3. The lowest BCUT2D eigenvalue weighted by Gasteiger charge is -1.94. The zero-order valence-corrected chi connectivity index (χ0v) is 9.95. The van der Waals surface area contributed by atoms with Gasteiger partial charge >= 0.3 is 0 Å². The van der Waals surface area contributed by atoms with Crippen molar-refractivity contribution in [1.82, 2.24) is 10.5 Å². The summed E-state index contributed by atoms with van der Waals surface area (Å²) >= 11 is 1.32. The van der Waals surface area contributed by atoms with Gasteiger partial charge in [-0.25, -0.2) is 14.9 Å². The van der Waals surface area contributed by atoms with Gasteiger partial charge in [-0.05, 0) is 18.2 Å². The first-order valence-electron chi connectivity index (χ1n) is 5.03. The summed E-state index contributed by atoms with van der Waals surface area (Å²) in [6.07, 6.45) is 4.28. The van der Waals surface area contributed by atoms with E-state index in [0.29, 0.717) is 10.6 Å². The number of hydrogen-bond acceptors (Lipinski definition) is 4. The maximum absolute atomic E-state index is 13.0. The fourth-order valence-electron chi connectivity index (χ4n) is 1.31. The average molecular weight is 264 g/mol. The standard InChI is InChI=1S/C12H9FN2O2S/c13-9-3-1-2-8(6-9)12-14-7-10(18-12)4-5-11(16)15-17/h1-7,17H,(H,15,16)/b5-4+. The highest BCUT2D eigenvalue weighted by atomic mass is 32.1. The van der Waals surface area contributed by atoms with Gasteiger partial charge in [0.15, 0.2) is 0 Å². The Hall–Kier alpha value is -2.05. The van der Waals surface area contributed by atoms with Crippen molar-refractivity contribution in [3.63, 3.8) is 0 Å². The molecule has 0 aliphatic heterocycles. The molecule has 92 valence electrons. The lowest BCUT2D eigenvalue weighted by atomic mass is 10.2. The number of carbonyl (C=O) groups is 1. The van der Waals surface area contributed by atoms with E-state index in [1.165, 1.54) is 41.1 Å². The monoisotopic (exact) mass is 264 g/mol. The highest BCUT2D eigenvalue weighted by Crippen LogP contribution is 2.26. The van der Waals surface area contributed by atoms with Gasteiger partial charge < -0.3 is 0 Å². The average Bonchev–Trinajstić information content (AvgIpc) is 2.84. The smallest absolute Gasteiger partial charge is 0.267 e. The van der Waals surface area contributed by atoms with Gasteiger partial charge in [-0.2, -0.15) is 0 Å². The molecule has 1 aromatic heterocycles. The van der Waals surface area contributed by atoms with Crippen LogP contribution >= 0.6 is 11.3 Å². The molecular formula is C12H9FN2O2S. The maximum atomic E-state index is 13.0. The van der Waals surface area contributed by atoms with Crippen LogP contribution in [0.25, 0.3) is 16.6 Å². The van der Waals surface area contributed by atoms with Crippen LogP contribution in [0, 0.1) is 5.82 Å². The summed E-state index contributed by atoms with van der Waals surface area (Å²) in [4.78, 5) is 15.7. The van der Waals surface area contributed by atoms with Crippen molar-refractivity contribution < 1.29 is 14.4 Å². The van der Waals surface area contributed by atoms with Crippen LogP contribution in [0.4, 0.5) is 4.39 Å². The quantitative estimate of drug-likeness (QED) is 0.508. The normalized spacial score (nSPS) is 10.8. The minimum absolute atomic E-state index is 0.320. The van der Waals surface area contributed by atoms with E-state index in [9.17, 15) is 9.18 Å². The molecule has 2 rings (SSSR count). The van der Waals surface area contributed by atoms with Gasteiger partial charge in [-0.3, -0.25) is 10.0 Å². The Labute approximate surface area is 106 Å². The molecule has 0 unspecified atom stereocenters. The Morgan fingerprint density at radius 2 is 2.33 bits per heavy atom. The lowest BCUT2D eigenvalue weighted by molar-refractivity contribution is -0.124. The van der Waals surface area contributed by atoms with Crippen LogP contribution in [0.2, 0.25) is 0 Å². The molecule has 1 aromatic carbocycles. The first kappa shape index (κ1) is 12.4. The summed E-state index contributed by atoms with van der Waals surface area (Å²) in [6, 6.07) is 6.13. The molecule has 2 aromatic rings. The highest BCUT2D eigenvalue weighted by Gasteiger charge is 2.04. The van der Waals surface area contributed by atoms with Gasteiger partial charge in [0.25, 0.3) is 5.91 Å². The summed E-state index contributed by atoms with van der Waals surface area (Å²) in [5, 5.41) is 8.99. The minimum atomic E-state index is -0.615. The summed E-state index contributed by atoms with van der Waals surface area (Å²) in [7, 11) is 0. The number of nitrogens with one attached hydrogen (secondary N) is 1. The number of hydroxylamine groups is 1. The van der Waals surface area contributed by atoms with Gasteiger partial charge in [-0.15, -0.1) is 11.3 Å². The zero-order valence-electron chi connectivity index (χ0n) is 9.13. The third-order valence-electron chi connectivity index (χ3n) is 2.10. The van der Waals surface area contributed by atoms with Crippen molar-refractivity contribution in [2.24, 2.45) is 0 Å². The molecule has 1 amide bonds. The number of hydrogen-bond donors (Lipinski definition) is 2. The van der Waals surface area contributed by atoms with Crippen LogP contribution in [-0.4, -0.2) is 16.1 Å². The Morgan fingerprint density at radius 1 is 1.50 bits per heavy atom. The van der Waals surface area contributed by atoms with E-state index in [1.54, 1.807) is 18.3 Å². The molecule has 18 heavy (non-hydrogen) atoms. The molecule has 0 bridgehead atoms. The molecule has 1 heterocycles. The second kappa shape index (κ2) is 5.52. The van der Waals surface area contributed by atoms with Crippen LogP contribution < -0.4 is 5.48 Å². The number of benzene rings is 1. The third-order valence-corrected chi connectivity index (χ3v) is 3.12. The summed E-state index contributed by atoms with van der Waals surface area (Å²) in [6.45, 7) is 0. The van der Waals surface area contributed by atoms with E-state index in [-0.39, 0.29) is 5.82 Å². The second-order valence-corrected chi connectivity index (χ2v) is 4.45. The Bertz CT molecular complexity index is 595. The van der Waals surface area contributed by atoms with Gasteiger partial charge in [0, 0.05) is 22.7 Å². The minimum Gasteiger partial charge on any atom is -0.288 e. The number of thiazole rings is 1. The van der Waals surface area contributed by atoms with Crippen LogP contribution in [0.15, 0.2) is 36.5 Å². The number of amides is 1. The number of carbonyl (C=O) groups excluding carboxylic acids is 1. The maximum Gasteiger partial charge on any atom is 0.267 e. The van der Waals surface area contributed by atoms with E-state index >= 15 is 0 Å². The summed E-state index contributed by atoms with van der Waals surface area (Å²) < 4.78 is 13.0. The fourth-order valence-corrected chi connectivity index (χ4v) is 2.13. The molecule has 0 aliphatic rings. The first-order valence-corrected chi connectivity index (χ1v) is 5.84. The molecule has 0 atom stereocenters. The zero-order chi connectivity index (χ0) is 13.0. The van der Waals surface area contributed by atoms with Gasteiger partial charge in [-0.1, -0.05) is 12.1 Å². The van der Waals surface area contributed by atoms with Crippen LogP contribution in [0.3, 0.4) is 0 Å². The van der Waals surface area contributed by atoms with Gasteiger partial charge in [0.05, 0.1) is 0 Å². The van der Waals surface area contributed by atoms with Crippen molar-refractivity contribution in [1.29, 1.82) is 0 Å². The summed E-state index contributed by atoms with van der Waals surface area (Å²) in [5.74, 6) is -0.935. The van der Waals surface area contributed by atoms with Crippen LogP contribution in [0.5, 0.6) is 0 Å². The molecule has 2 N–H and O–H groups in total. The number of aromatic nitrogens is 1. The van der Waals surface area contributed by atoms with E-state index < -0.39 is 5.91 Å². The number of nitrogens with zero attached hydrogens (tertiary/aromatic N) is 1. The van der Waals surface area contributed by atoms with Crippen molar-refractivity contribution in [2.75, 3.05) is 0 Å². The molecule has 0 saturated heterocycles. The predicted octanol–water partition coefficient (Wildman–Crippen LogP) is 2.47. The largest absolute Gasteiger partial charge is 0.288 e. The van der Waals surface area contributed by atoms with E-state index in [0.717, 1.165) is 4.88 Å². The highest BCUT2D eigenvalue weighted by molar-refractivity contribution is 7.15. The number of halogens is 1. The molecule has 0 spiro atoms. The van der Waals surface area contributed by atoms with E-state index in [1.807, 2.05) is 0 Å². The molecule has 0 radical (unpaired) electrons. The van der Waals surface area contributed by atoms with Gasteiger partial charge in [0.1, 0.15) is 10.8 Å². The molecule has 0 saturated carbocycles. The Morgan fingerprint density at radius 3 is 3.06 bits per heavy atom. The predicted molar refractivity (Wildman–Crippen MR) is 66.5 cm³/mol. The Balaban J connectivity index is 2.20. The van der Waals surface area contributed by atoms with Crippen molar-refractivity contribution in [3.05, 3.63) is 47.2 Å². The lowest BCUT2D eigenvalue weighted by Crippen LogP contribution is -2.14. The fraction of sp³-hybridized carbons (Fsp3) is 0. The summed E-state index contributed by atoms with van der Waals surface area (Å²) in [5.41, 5.74) is 2.18. The third kappa shape index (κ3) is 2.99. The first-order chi connectivity index (χ1) is 8.69. The molecule has 0 aliphatic carbocycles. The second-order valence-electron chi connectivity index (χ2n) is 3.39. The van der Waals surface area contributed by atoms with Gasteiger partial charge in [0.2, 0.25) is 0 Å². The van der Waals surface area contributed by atoms with E-state index in [4.69, 9.17) is 5.21 Å². The van der Waals surface area contributed by atoms with Crippen LogP contribution in [0.1, 0.15) is 4.88 Å².